The minimum Gasteiger partial charge on any atom is -0.483 e. The Hall–Kier alpha value is -2.74. The maximum absolute atomic E-state index is 14.2. The van der Waals surface area contributed by atoms with Crippen LogP contribution in [0.3, 0.4) is 0 Å². The second-order valence-electron chi connectivity index (χ2n) is 6.77. The molecule has 0 spiro atoms. The number of nitrogens with zero attached hydrogens (tertiary/aromatic N) is 3. The highest BCUT2D eigenvalue weighted by Crippen LogP contribution is 2.38. The van der Waals surface area contributed by atoms with Gasteiger partial charge in [0.1, 0.15) is 6.17 Å². The third-order valence-corrected chi connectivity index (χ3v) is 5.26. The minimum atomic E-state index is -0.969. The molecule has 27 heavy (non-hydrogen) atoms. The SMILES string of the molecule is F[C@@H]1CNCC[C@@H]1c1nc(-c2c3n(c4ccccc24)CCC3)no1.O=CO. The molecule has 1 aromatic carbocycles. The van der Waals surface area contributed by atoms with E-state index in [9.17, 15) is 4.39 Å². The van der Waals surface area contributed by atoms with Crippen LogP contribution < -0.4 is 5.32 Å². The van der Waals surface area contributed by atoms with Gasteiger partial charge in [-0.25, -0.2) is 4.39 Å². The number of para-hydroxylation sites is 1. The number of carboxylic acid groups (broad SMARTS) is 1. The lowest BCUT2D eigenvalue weighted by atomic mass is 9.96. The maximum Gasteiger partial charge on any atom is 0.290 e. The van der Waals surface area contributed by atoms with E-state index in [1.165, 1.54) is 11.2 Å². The van der Waals surface area contributed by atoms with Crippen LogP contribution in [0.15, 0.2) is 28.8 Å². The Kier molecular flexibility index (Phi) is 4.89. The van der Waals surface area contributed by atoms with Crippen molar-refractivity contribution in [2.45, 2.75) is 37.9 Å². The summed E-state index contributed by atoms with van der Waals surface area (Å²) in [5.41, 5.74) is 3.55. The highest BCUT2D eigenvalue weighted by molar-refractivity contribution is 5.96. The number of hydrogen-bond donors (Lipinski definition) is 2. The van der Waals surface area contributed by atoms with E-state index in [0.29, 0.717) is 24.7 Å². The minimum absolute atomic E-state index is 0.250. The van der Waals surface area contributed by atoms with Crippen molar-refractivity contribution in [3.8, 4) is 11.4 Å². The van der Waals surface area contributed by atoms with Crippen molar-refractivity contribution in [3.05, 3.63) is 35.9 Å². The van der Waals surface area contributed by atoms with Gasteiger partial charge in [-0.05, 0) is 31.9 Å². The zero-order valence-electron chi connectivity index (χ0n) is 14.8. The first-order valence-corrected chi connectivity index (χ1v) is 9.11. The molecule has 2 aliphatic heterocycles. The predicted octanol–water partition coefficient (Wildman–Crippen LogP) is 2.75. The number of aromatic nitrogens is 3. The summed E-state index contributed by atoms with van der Waals surface area (Å²) in [5, 5.41) is 15.3. The average Bonchev–Trinajstić information content (AvgIpc) is 3.38. The van der Waals surface area contributed by atoms with Crippen LogP contribution in [0, 0.1) is 0 Å². The van der Waals surface area contributed by atoms with Crippen LogP contribution in [0.1, 0.15) is 30.3 Å². The Morgan fingerprint density at radius 1 is 1.37 bits per heavy atom. The van der Waals surface area contributed by atoms with Gasteiger partial charge in [-0.2, -0.15) is 4.98 Å². The zero-order valence-corrected chi connectivity index (χ0v) is 14.8. The monoisotopic (exact) mass is 372 g/mol. The number of halogens is 1. The van der Waals surface area contributed by atoms with E-state index in [2.05, 4.69) is 38.2 Å². The third-order valence-electron chi connectivity index (χ3n) is 5.26. The van der Waals surface area contributed by atoms with E-state index in [1.54, 1.807) is 0 Å². The van der Waals surface area contributed by atoms with Gasteiger partial charge >= 0.3 is 0 Å². The van der Waals surface area contributed by atoms with Crippen molar-refractivity contribution in [2.75, 3.05) is 13.1 Å². The lowest BCUT2D eigenvalue weighted by molar-refractivity contribution is -0.122. The molecule has 7 nitrogen and oxygen atoms in total. The highest BCUT2D eigenvalue weighted by atomic mass is 19.1. The fourth-order valence-corrected chi connectivity index (χ4v) is 4.11. The van der Waals surface area contributed by atoms with Crippen molar-refractivity contribution in [2.24, 2.45) is 0 Å². The number of carbonyl (C=O) groups is 1. The summed E-state index contributed by atoms with van der Waals surface area (Å²) < 4.78 is 22.0. The molecule has 0 saturated carbocycles. The van der Waals surface area contributed by atoms with Crippen LogP contribution in [0.25, 0.3) is 22.3 Å². The first-order chi connectivity index (χ1) is 13.2. The van der Waals surface area contributed by atoms with E-state index in [0.717, 1.165) is 36.9 Å². The summed E-state index contributed by atoms with van der Waals surface area (Å²) in [5.74, 6) is 0.734. The summed E-state index contributed by atoms with van der Waals surface area (Å²) in [6.07, 6.45) is 1.88. The number of rotatable bonds is 2. The second kappa shape index (κ2) is 7.48. The molecule has 2 aliphatic rings. The first-order valence-electron chi connectivity index (χ1n) is 9.11. The molecule has 1 saturated heterocycles. The molecule has 0 aliphatic carbocycles. The predicted molar refractivity (Wildman–Crippen MR) is 97.4 cm³/mol. The Morgan fingerprint density at radius 2 is 2.19 bits per heavy atom. The lowest BCUT2D eigenvalue weighted by Crippen LogP contribution is -2.36. The van der Waals surface area contributed by atoms with Crippen molar-refractivity contribution in [1.29, 1.82) is 0 Å². The van der Waals surface area contributed by atoms with Crippen LogP contribution in [0.2, 0.25) is 0 Å². The van der Waals surface area contributed by atoms with E-state index >= 15 is 0 Å². The van der Waals surface area contributed by atoms with Crippen molar-refractivity contribution in [3.63, 3.8) is 0 Å². The summed E-state index contributed by atoms with van der Waals surface area (Å²) >= 11 is 0. The number of benzene rings is 1. The summed E-state index contributed by atoms with van der Waals surface area (Å²) in [6.45, 7) is 1.92. The molecule has 4 heterocycles. The molecule has 2 aromatic heterocycles. The van der Waals surface area contributed by atoms with Crippen LogP contribution >= 0.6 is 0 Å². The number of alkyl halides is 1. The number of aryl methyl sites for hydroxylation is 1. The Labute approximate surface area is 155 Å². The normalized spacial score (nSPS) is 21.5. The molecule has 0 unspecified atom stereocenters. The van der Waals surface area contributed by atoms with Crippen molar-refractivity contribution < 1.29 is 18.8 Å². The largest absolute Gasteiger partial charge is 0.483 e. The molecule has 2 N–H and O–H groups in total. The van der Waals surface area contributed by atoms with Crippen molar-refractivity contribution in [1.82, 2.24) is 20.0 Å². The number of piperidine rings is 1. The zero-order chi connectivity index (χ0) is 18.8. The number of hydrogen-bond acceptors (Lipinski definition) is 5. The third kappa shape index (κ3) is 3.10. The summed E-state index contributed by atoms with van der Waals surface area (Å²) in [7, 11) is 0. The molecule has 5 rings (SSSR count). The lowest BCUT2D eigenvalue weighted by Gasteiger charge is -2.23. The van der Waals surface area contributed by atoms with E-state index in [-0.39, 0.29) is 12.4 Å². The highest BCUT2D eigenvalue weighted by Gasteiger charge is 2.32. The second-order valence-corrected chi connectivity index (χ2v) is 6.77. The molecule has 8 heteroatoms. The van der Waals surface area contributed by atoms with Gasteiger partial charge in [-0.3, -0.25) is 4.79 Å². The van der Waals surface area contributed by atoms with E-state index in [4.69, 9.17) is 14.4 Å². The molecule has 1 fully saturated rings. The summed E-state index contributed by atoms with van der Waals surface area (Å²) in [6, 6.07) is 8.34. The smallest absolute Gasteiger partial charge is 0.290 e. The number of fused-ring (bicyclic) bond motifs is 3. The van der Waals surface area contributed by atoms with Gasteiger partial charge in [-0.15, -0.1) is 0 Å². The molecule has 0 bridgehead atoms. The molecule has 142 valence electrons. The Balaban J connectivity index is 0.000000565. The van der Waals surface area contributed by atoms with Gasteiger partial charge in [0.25, 0.3) is 6.47 Å². The van der Waals surface area contributed by atoms with Crippen LogP contribution in [-0.2, 0) is 17.8 Å². The number of nitrogens with one attached hydrogen (secondary N) is 1. The first kappa shape index (κ1) is 17.7. The molecule has 0 radical (unpaired) electrons. The van der Waals surface area contributed by atoms with E-state index < -0.39 is 6.17 Å². The van der Waals surface area contributed by atoms with Crippen LogP contribution in [0.4, 0.5) is 4.39 Å². The average molecular weight is 372 g/mol. The fourth-order valence-electron chi connectivity index (χ4n) is 4.11. The molecule has 3 aromatic rings. The van der Waals surface area contributed by atoms with Gasteiger partial charge in [0.05, 0.1) is 11.5 Å². The van der Waals surface area contributed by atoms with Gasteiger partial charge in [0.2, 0.25) is 11.7 Å². The van der Waals surface area contributed by atoms with Gasteiger partial charge in [0, 0.05) is 29.7 Å². The summed E-state index contributed by atoms with van der Waals surface area (Å²) in [4.78, 5) is 13.0. The quantitative estimate of drug-likeness (QED) is 0.672. The molecule has 2 atom stereocenters. The van der Waals surface area contributed by atoms with Gasteiger partial charge in [-0.1, -0.05) is 23.4 Å². The van der Waals surface area contributed by atoms with E-state index in [1.807, 2.05) is 6.07 Å². The topological polar surface area (TPSA) is 93.2 Å². The van der Waals surface area contributed by atoms with Crippen molar-refractivity contribution >= 4 is 17.4 Å². The molecular weight excluding hydrogens is 351 g/mol. The van der Waals surface area contributed by atoms with Crippen LogP contribution in [0.5, 0.6) is 0 Å². The van der Waals surface area contributed by atoms with Gasteiger partial charge in [0.15, 0.2) is 0 Å². The Morgan fingerprint density at radius 3 is 3.00 bits per heavy atom. The van der Waals surface area contributed by atoms with Crippen LogP contribution in [-0.4, -0.2) is 45.5 Å². The van der Waals surface area contributed by atoms with Gasteiger partial charge < -0.3 is 19.5 Å². The maximum atomic E-state index is 14.2. The standard InChI is InChI=1S/C18H19FN4O.CH2O2/c19-13-10-20-8-7-11(13)18-21-17(22-24-18)16-12-4-1-2-5-14(12)23-9-3-6-15(16)23;2-1-3/h1-2,4-5,11,13,20H,3,6-10H2;1H,(H,2,3)/t11-,13+;/m0./s1. The molecule has 0 amide bonds. The fraction of sp³-hybridized carbons (Fsp3) is 0.421. The molecular formula is C19H21FN4O3. The Bertz CT molecular complexity index is 952.